The van der Waals surface area contributed by atoms with Crippen molar-refractivity contribution in [3.63, 3.8) is 0 Å². The van der Waals surface area contributed by atoms with E-state index in [2.05, 4.69) is 0 Å². The third-order valence-corrected chi connectivity index (χ3v) is 4.26. The number of hydrogen-bond donors (Lipinski definition) is 1. The lowest BCUT2D eigenvalue weighted by molar-refractivity contribution is -0.216. The van der Waals surface area contributed by atoms with E-state index in [1.165, 1.54) is 12.2 Å². The van der Waals surface area contributed by atoms with E-state index in [-0.39, 0.29) is 0 Å². The molecule has 0 saturated carbocycles. The van der Waals surface area contributed by atoms with Crippen molar-refractivity contribution < 1.29 is 24.3 Å². The second-order valence-corrected chi connectivity index (χ2v) is 6.37. The summed E-state index contributed by atoms with van der Waals surface area (Å²) in [7, 11) is 0. The number of hydrogen-bond acceptors (Lipinski definition) is 5. The molecule has 2 aromatic rings. The molecule has 0 radical (unpaired) electrons. The number of halogens is 1. The zero-order valence-corrected chi connectivity index (χ0v) is 15.1. The zero-order chi connectivity index (χ0) is 18.7. The maximum Gasteiger partial charge on any atom is 0.347 e. The molecular formula is C19H18ClNO5. The van der Waals surface area contributed by atoms with Gasteiger partial charge in [-0.1, -0.05) is 18.5 Å². The highest BCUT2D eigenvalue weighted by Crippen LogP contribution is 2.29. The van der Waals surface area contributed by atoms with Crippen LogP contribution >= 0.6 is 11.6 Å². The molecule has 1 unspecified atom stereocenters. The molecule has 0 saturated heterocycles. The van der Waals surface area contributed by atoms with E-state index in [0.717, 1.165) is 5.56 Å². The van der Waals surface area contributed by atoms with Crippen LogP contribution in [0.5, 0.6) is 17.2 Å². The molecule has 7 heteroatoms. The van der Waals surface area contributed by atoms with Crippen molar-refractivity contribution in [1.29, 1.82) is 0 Å². The maximum atomic E-state index is 11.3. The van der Waals surface area contributed by atoms with Gasteiger partial charge in [-0.15, -0.1) is 0 Å². The van der Waals surface area contributed by atoms with E-state index in [9.17, 15) is 9.90 Å². The normalized spacial score (nSPS) is 14.8. The highest BCUT2D eigenvalue weighted by atomic mass is 35.5. The van der Waals surface area contributed by atoms with Gasteiger partial charge >= 0.3 is 5.97 Å². The first-order valence-electron chi connectivity index (χ1n) is 8.05. The lowest BCUT2D eigenvalue weighted by Crippen LogP contribution is -2.40. The fourth-order valence-corrected chi connectivity index (χ4v) is 2.43. The first-order chi connectivity index (χ1) is 12.4. The van der Waals surface area contributed by atoms with E-state index >= 15 is 0 Å². The van der Waals surface area contributed by atoms with Crippen LogP contribution in [0.2, 0.25) is 5.02 Å². The SMILES string of the molecule is CCC(C)(Oc1ccc(ON2C=Cc3cc(Cl)ccc3O2)cc1)C(=O)O. The number of fused-ring (bicyclic) bond motifs is 1. The standard InChI is InChI=1S/C19H18ClNO5/c1-3-19(2,18(22)23)24-15-5-7-16(8-6-15)25-21-11-10-13-12-14(20)4-9-17(13)26-21/h4-12H,3H2,1-2H3,(H,22,23). The smallest absolute Gasteiger partial charge is 0.347 e. The van der Waals surface area contributed by atoms with Crippen LogP contribution in [-0.4, -0.2) is 21.9 Å². The lowest BCUT2D eigenvalue weighted by atomic mass is 10.0. The molecule has 0 aromatic heterocycles. The number of aliphatic carboxylic acids is 1. The molecule has 2 aromatic carbocycles. The summed E-state index contributed by atoms with van der Waals surface area (Å²) in [5.41, 5.74) is -0.417. The van der Waals surface area contributed by atoms with Crippen LogP contribution in [0.3, 0.4) is 0 Å². The minimum absolute atomic E-state index is 0.344. The van der Waals surface area contributed by atoms with E-state index in [1.807, 2.05) is 6.08 Å². The van der Waals surface area contributed by atoms with Crippen LogP contribution in [0.1, 0.15) is 25.8 Å². The molecule has 0 amide bonds. The summed E-state index contributed by atoms with van der Waals surface area (Å²) in [6.45, 7) is 3.30. The van der Waals surface area contributed by atoms with Gasteiger partial charge < -0.3 is 19.5 Å². The summed E-state index contributed by atoms with van der Waals surface area (Å²) in [6, 6.07) is 11.9. The number of rotatable bonds is 6. The van der Waals surface area contributed by atoms with Crippen molar-refractivity contribution in [2.45, 2.75) is 25.9 Å². The number of nitrogens with zero attached hydrogens (tertiary/aromatic N) is 1. The minimum Gasteiger partial charge on any atom is -0.478 e. The number of hydroxylamine groups is 2. The molecule has 6 nitrogen and oxygen atoms in total. The molecule has 1 N–H and O–H groups in total. The maximum absolute atomic E-state index is 11.3. The Morgan fingerprint density at radius 1 is 1.23 bits per heavy atom. The fourth-order valence-electron chi connectivity index (χ4n) is 2.25. The second kappa shape index (κ2) is 7.17. The molecule has 1 atom stereocenters. The highest BCUT2D eigenvalue weighted by Gasteiger charge is 2.33. The molecule has 1 aliphatic rings. The quantitative estimate of drug-likeness (QED) is 0.799. The van der Waals surface area contributed by atoms with Crippen LogP contribution in [0.25, 0.3) is 6.08 Å². The molecular weight excluding hydrogens is 358 g/mol. The van der Waals surface area contributed by atoms with Crippen molar-refractivity contribution >= 4 is 23.6 Å². The largest absolute Gasteiger partial charge is 0.478 e. The van der Waals surface area contributed by atoms with Gasteiger partial charge in [-0.25, -0.2) is 4.79 Å². The van der Waals surface area contributed by atoms with Crippen LogP contribution in [0.15, 0.2) is 48.7 Å². The Balaban J connectivity index is 1.65. The Hall–Kier alpha value is -2.86. The lowest BCUT2D eigenvalue weighted by Gasteiger charge is -2.25. The van der Waals surface area contributed by atoms with Gasteiger partial charge in [-0.3, -0.25) is 0 Å². The van der Waals surface area contributed by atoms with Gasteiger partial charge in [-0.2, -0.15) is 0 Å². The molecule has 0 spiro atoms. The molecule has 136 valence electrons. The number of carboxylic acid groups (broad SMARTS) is 1. The van der Waals surface area contributed by atoms with E-state index < -0.39 is 11.6 Å². The van der Waals surface area contributed by atoms with Crippen molar-refractivity contribution in [3.8, 4) is 17.2 Å². The zero-order valence-electron chi connectivity index (χ0n) is 14.3. The Morgan fingerprint density at radius 3 is 2.58 bits per heavy atom. The number of ether oxygens (including phenoxy) is 1. The van der Waals surface area contributed by atoms with Crippen molar-refractivity contribution in [3.05, 3.63) is 59.3 Å². The number of carbonyl (C=O) groups is 1. The first kappa shape index (κ1) is 17.9. The number of benzene rings is 2. The molecule has 1 heterocycles. The second-order valence-electron chi connectivity index (χ2n) is 5.93. The third-order valence-electron chi connectivity index (χ3n) is 4.03. The average Bonchev–Trinajstić information content (AvgIpc) is 2.63. The van der Waals surface area contributed by atoms with Crippen LogP contribution in [0, 0.1) is 0 Å². The monoisotopic (exact) mass is 375 g/mol. The fraction of sp³-hybridized carbons (Fsp3) is 0.211. The minimum atomic E-state index is -1.27. The summed E-state index contributed by atoms with van der Waals surface area (Å²) in [5.74, 6) is 0.565. The van der Waals surface area contributed by atoms with Crippen molar-refractivity contribution in [2.75, 3.05) is 0 Å². The van der Waals surface area contributed by atoms with Gasteiger partial charge in [-0.05, 0) is 67.1 Å². The predicted octanol–water partition coefficient (Wildman–Crippen LogP) is 4.55. The van der Waals surface area contributed by atoms with Crippen molar-refractivity contribution in [2.24, 2.45) is 0 Å². The molecule has 0 fully saturated rings. The summed E-state index contributed by atoms with van der Waals surface area (Å²) in [6.07, 6.45) is 3.79. The summed E-state index contributed by atoms with van der Waals surface area (Å²) in [4.78, 5) is 22.5. The molecule has 26 heavy (non-hydrogen) atoms. The van der Waals surface area contributed by atoms with Crippen LogP contribution in [-0.2, 0) is 4.79 Å². The molecule has 3 rings (SSSR count). The molecule has 1 aliphatic heterocycles. The third kappa shape index (κ3) is 3.86. The van der Waals surface area contributed by atoms with Gasteiger partial charge in [0.2, 0.25) is 5.60 Å². The van der Waals surface area contributed by atoms with Crippen LogP contribution in [0.4, 0.5) is 0 Å². The van der Waals surface area contributed by atoms with E-state index in [4.69, 9.17) is 26.0 Å². The van der Waals surface area contributed by atoms with E-state index in [1.54, 1.807) is 55.6 Å². The Kier molecular flexibility index (Phi) is 4.95. The summed E-state index contributed by atoms with van der Waals surface area (Å²) >= 11 is 5.95. The van der Waals surface area contributed by atoms with Gasteiger partial charge in [0, 0.05) is 10.6 Å². The molecule has 0 bridgehead atoms. The van der Waals surface area contributed by atoms with Gasteiger partial charge in [0.05, 0.1) is 6.20 Å². The highest BCUT2D eigenvalue weighted by molar-refractivity contribution is 6.30. The Labute approximate surface area is 156 Å². The van der Waals surface area contributed by atoms with E-state index in [0.29, 0.717) is 28.7 Å². The van der Waals surface area contributed by atoms with Crippen LogP contribution < -0.4 is 14.4 Å². The Bertz CT molecular complexity index is 836. The van der Waals surface area contributed by atoms with Gasteiger partial charge in [0.15, 0.2) is 11.5 Å². The average molecular weight is 376 g/mol. The van der Waals surface area contributed by atoms with Crippen molar-refractivity contribution in [1.82, 2.24) is 5.23 Å². The van der Waals surface area contributed by atoms with Gasteiger partial charge in [0.25, 0.3) is 0 Å². The first-order valence-corrected chi connectivity index (χ1v) is 8.43. The summed E-state index contributed by atoms with van der Waals surface area (Å²) in [5, 5.41) is 11.1. The predicted molar refractivity (Wildman–Crippen MR) is 97.0 cm³/mol. The summed E-state index contributed by atoms with van der Waals surface area (Å²) < 4.78 is 5.59. The topological polar surface area (TPSA) is 68.2 Å². The molecule has 0 aliphatic carbocycles. The number of carboxylic acids is 1. The van der Waals surface area contributed by atoms with Gasteiger partial charge in [0.1, 0.15) is 5.75 Å². The Morgan fingerprint density at radius 2 is 1.92 bits per heavy atom.